The van der Waals surface area contributed by atoms with Crippen LogP contribution in [0.4, 0.5) is 4.39 Å². The lowest BCUT2D eigenvalue weighted by molar-refractivity contribution is 0.484. The third kappa shape index (κ3) is 3.32. The lowest BCUT2D eigenvalue weighted by Gasteiger charge is -2.23. The van der Waals surface area contributed by atoms with E-state index in [-0.39, 0.29) is 11.2 Å². The van der Waals surface area contributed by atoms with Gasteiger partial charge in [-0.2, -0.15) is 0 Å². The van der Waals surface area contributed by atoms with Crippen LogP contribution in [0.5, 0.6) is 0 Å². The normalized spacial score (nSPS) is 14.7. The zero-order valence-corrected chi connectivity index (χ0v) is 10.9. The predicted octanol–water partition coefficient (Wildman–Crippen LogP) is 4.56. The van der Waals surface area contributed by atoms with Crippen molar-refractivity contribution in [3.63, 3.8) is 0 Å². The molecule has 0 heterocycles. The molecule has 1 atom stereocenters. The fourth-order valence-electron chi connectivity index (χ4n) is 1.27. The molecule has 0 aliphatic carbocycles. The van der Waals surface area contributed by atoms with Gasteiger partial charge < -0.3 is 0 Å². The van der Waals surface area contributed by atoms with Crippen molar-refractivity contribution in [1.82, 2.24) is 0 Å². The maximum absolute atomic E-state index is 12.9. The standard InChI is InChI=1S/C12H13BrClF/c1-3-12(2,8-14)7-9-4-5-10(15)6-11(9)13/h3-6H,1,7-8H2,2H3. The molecule has 1 aromatic carbocycles. The fourth-order valence-corrected chi connectivity index (χ4v) is 1.97. The number of hydrogen-bond acceptors (Lipinski definition) is 0. The van der Waals surface area contributed by atoms with Gasteiger partial charge in [0.25, 0.3) is 0 Å². The Hall–Kier alpha value is -0.340. The highest BCUT2D eigenvalue weighted by Crippen LogP contribution is 2.29. The minimum Gasteiger partial charge on any atom is -0.207 e. The van der Waals surface area contributed by atoms with E-state index in [1.807, 2.05) is 13.0 Å². The molecule has 1 rings (SSSR count). The molecule has 0 saturated carbocycles. The summed E-state index contributed by atoms with van der Waals surface area (Å²) in [5, 5.41) is 0. The number of rotatable bonds is 4. The monoisotopic (exact) mass is 290 g/mol. The highest BCUT2D eigenvalue weighted by atomic mass is 79.9. The van der Waals surface area contributed by atoms with Crippen LogP contribution in [-0.4, -0.2) is 5.88 Å². The summed E-state index contributed by atoms with van der Waals surface area (Å²) in [7, 11) is 0. The first-order valence-corrected chi connectivity index (χ1v) is 5.97. The van der Waals surface area contributed by atoms with Crippen LogP contribution in [0.2, 0.25) is 0 Å². The van der Waals surface area contributed by atoms with Crippen molar-refractivity contribution >= 4 is 27.5 Å². The summed E-state index contributed by atoms with van der Waals surface area (Å²) in [6, 6.07) is 4.69. The molecule has 0 spiro atoms. The van der Waals surface area contributed by atoms with Gasteiger partial charge in [-0.1, -0.05) is 35.0 Å². The Morgan fingerprint density at radius 1 is 1.60 bits per heavy atom. The molecular formula is C12H13BrClF. The van der Waals surface area contributed by atoms with E-state index in [1.54, 1.807) is 6.07 Å². The number of benzene rings is 1. The molecule has 0 aliphatic heterocycles. The van der Waals surface area contributed by atoms with Crippen LogP contribution in [0.25, 0.3) is 0 Å². The average molecular weight is 292 g/mol. The Morgan fingerprint density at radius 3 is 2.73 bits per heavy atom. The van der Waals surface area contributed by atoms with Gasteiger partial charge in [0.15, 0.2) is 0 Å². The number of halogens is 3. The highest BCUT2D eigenvalue weighted by Gasteiger charge is 2.20. The van der Waals surface area contributed by atoms with Crippen molar-refractivity contribution < 1.29 is 4.39 Å². The van der Waals surface area contributed by atoms with Crippen LogP contribution >= 0.6 is 27.5 Å². The molecule has 1 aromatic rings. The van der Waals surface area contributed by atoms with E-state index in [0.29, 0.717) is 5.88 Å². The zero-order chi connectivity index (χ0) is 11.5. The molecule has 3 heteroatoms. The first kappa shape index (κ1) is 12.7. The summed E-state index contributed by atoms with van der Waals surface area (Å²) in [4.78, 5) is 0. The third-order valence-electron chi connectivity index (χ3n) is 2.41. The van der Waals surface area contributed by atoms with E-state index in [1.165, 1.54) is 12.1 Å². The number of allylic oxidation sites excluding steroid dienone is 1. The summed E-state index contributed by atoms with van der Waals surface area (Å²) in [5.41, 5.74) is 0.890. The van der Waals surface area contributed by atoms with E-state index in [4.69, 9.17) is 11.6 Å². The summed E-state index contributed by atoms with van der Waals surface area (Å²) in [6.07, 6.45) is 2.59. The van der Waals surface area contributed by atoms with E-state index in [0.717, 1.165) is 16.5 Å². The van der Waals surface area contributed by atoms with Gasteiger partial charge in [-0.05, 0) is 24.1 Å². The zero-order valence-electron chi connectivity index (χ0n) is 8.56. The van der Waals surface area contributed by atoms with E-state index in [9.17, 15) is 4.39 Å². The molecule has 0 fully saturated rings. The first-order chi connectivity index (χ1) is 7.00. The molecular weight excluding hydrogens is 278 g/mol. The van der Waals surface area contributed by atoms with Gasteiger partial charge in [-0.25, -0.2) is 4.39 Å². The van der Waals surface area contributed by atoms with Crippen molar-refractivity contribution in [2.75, 3.05) is 5.88 Å². The molecule has 0 nitrogen and oxygen atoms in total. The fraction of sp³-hybridized carbons (Fsp3) is 0.333. The Morgan fingerprint density at radius 2 is 2.27 bits per heavy atom. The Labute approximate surface area is 103 Å². The quantitative estimate of drug-likeness (QED) is 0.563. The van der Waals surface area contributed by atoms with Gasteiger partial charge in [-0.15, -0.1) is 18.2 Å². The molecule has 0 bridgehead atoms. The second-order valence-corrected chi connectivity index (χ2v) is 5.03. The van der Waals surface area contributed by atoms with Crippen molar-refractivity contribution in [3.8, 4) is 0 Å². The van der Waals surface area contributed by atoms with Gasteiger partial charge >= 0.3 is 0 Å². The smallest absolute Gasteiger partial charge is 0.124 e. The minimum atomic E-state index is -0.239. The lowest BCUT2D eigenvalue weighted by atomic mass is 9.86. The highest BCUT2D eigenvalue weighted by molar-refractivity contribution is 9.10. The van der Waals surface area contributed by atoms with Gasteiger partial charge in [-0.3, -0.25) is 0 Å². The van der Waals surface area contributed by atoms with Gasteiger partial charge in [0.2, 0.25) is 0 Å². The summed E-state index contributed by atoms with van der Waals surface area (Å²) in [5.74, 6) is 0.261. The Balaban J connectivity index is 2.94. The minimum absolute atomic E-state index is 0.151. The van der Waals surface area contributed by atoms with Crippen LogP contribution < -0.4 is 0 Å². The van der Waals surface area contributed by atoms with Crippen molar-refractivity contribution in [3.05, 3.63) is 46.7 Å². The molecule has 82 valence electrons. The average Bonchev–Trinajstić information content (AvgIpc) is 2.22. The summed E-state index contributed by atoms with van der Waals surface area (Å²) >= 11 is 9.22. The van der Waals surface area contributed by atoms with Crippen molar-refractivity contribution in [1.29, 1.82) is 0 Å². The Kier molecular flexibility index (Phi) is 4.35. The van der Waals surface area contributed by atoms with Gasteiger partial charge in [0, 0.05) is 15.8 Å². The Bertz CT molecular complexity index is 365. The van der Waals surface area contributed by atoms with Crippen LogP contribution in [0.15, 0.2) is 35.3 Å². The van der Waals surface area contributed by atoms with Gasteiger partial charge in [0.1, 0.15) is 5.82 Å². The van der Waals surface area contributed by atoms with Crippen LogP contribution in [0, 0.1) is 11.2 Å². The molecule has 0 aliphatic rings. The van der Waals surface area contributed by atoms with Crippen molar-refractivity contribution in [2.24, 2.45) is 5.41 Å². The summed E-state index contributed by atoms with van der Waals surface area (Å²) < 4.78 is 13.6. The largest absolute Gasteiger partial charge is 0.207 e. The topological polar surface area (TPSA) is 0 Å². The molecule has 0 saturated heterocycles. The van der Waals surface area contributed by atoms with Crippen molar-refractivity contribution in [2.45, 2.75) is 13.3 Å². The summed E-state index contributed by atoms with van der Waals surface area (Å²) in [6.45, 7) is 5.80. The molecule has 0 radical (unpaired) electrons. The maximum atomic E-state index is 12.9. The molecule has 0 N–H and O–H groups in total. The molecule has 0 amide bonds. The molecule has 15 heavy (non-hydrogen) atoms. The predicted molar refractivity (Wildman–Crippen MR) is 66.8 cm³/mol. The first-order valence-electron chi connectivity index (χ1n) is 4.64. The van der Waals surface area contributed by atoms with E-state index >= 15 is 0 Å². The third-order valence-corrected chi connectivity index (χ3v) is 3.76. The van der Waals surface area contributed by atoms with Gasteiger partial charge in [0.05, 0.1) is 0 Å². The second kappa shape index (κ2) is 5.13. The van der Waals surface area contributed by atoms with E-state index in [2.05, 4.69) is 22.5 Å². The number of alkyl halides is 1. The van der Waals surface area contributed by atoms with Crippen LogP contribution in [-0.2, 0) is 6.42 Å². The second-order valence-electron chi connectivity index (χ2n) is 3.90. The lowest BCUT2D eigenvalue weighted by Crippen LogP contribution is -2.18. The maximum Gasteiger partial charge on any atom is 0.124 e. The van der Waals surface area contributed by atoms with E-state index < -0.39 is 0 Å². The van der Waals surface area contributed by atoms with Crippen LogP contribution in [0.1, 0.15) is 12.5 Å². The molecule has 0 aromatic heterocycles. The number of hydrogen-bond donors (Lipinski definition) is 0. The SMILES string of the molecule is C=CC(C)(CCl)Cc1ccc(F)cc1Br. The molecule has 1 unspecified atom stereocenters. The van der Waals surface area contributed by atoms with Crippen LogP contribution in [0.3, 0.4) is 0 Å².